The first kappa shape index (κ1) is 38.3. The molecule has 0 radical (unpaired) electrons. The average Bonchev–Trinajstić information content (AvgIpc) is 2.27. The van der Waals surface area contributed by atoms with Gasteiger partial charge in [-0.2, -0.15) is 0 Å². The van der Waals surface area contributed by atoms with Gasteiger partial charge in [-0.05, 0) is 0 Å². The van der Waals surface area contributed by atoms with E-state index in [1.165, 1.54) is 0 Å². The van der Waals surface area contributed by atoms with Crippen LogP contribution in [0.3, 0.4) is 0 Å². The number of carbonyl (C=O) groups excluding carboxylic acids is 1. The molecular formula is C6H6Na4O15S3. The molecule has 1 rings (SSSR count). The van der Waals surface area contributed by atoms with Crippen LogP contribution in [0.1, 0.15) is 0 Å². The van der Waals surface area contributed by atoms with Crippen molar-refractivity contribution in [3.63, 3.8) is 0 Å². The van der Waals surface area contributed by atoms with E-state index in [1.54, 1.807) is 0 Å². The van der Waals surface area contributed by atoms with Crippen molar-refractivity contribution in [3.05, 3.63) is 0 Å². The van der Waals surface area contributed by atoms with Crippen LogP contribution >= 0.6 is 0 Å². The van der Waals surface area contributed by atoms with Crippen LogP contribution < -0.4 is 123 Å². The van der Waals surface area contributed by atoms with Gasteiger partial charge in [-0.15, -0.1) is 0 Å². The van der Waals surface area contributed by atoms with Crippen LogP contribution in [0.15, 0.2) is 0 Å². The van der Waals surface area contributed by atoms with Crippen molar-refractivity contribution in [2.24, 2.45) is 0 Å². The quantitative estimate of drug-likeness (QED) is 0.177. The second kappa shape index (κ2) is 15.0. The van der Waals surface area contributed by atoms with E-state index in [9.17, 15) is 48.8 Å². The second-order valence-corrected chi connectivity index (χ2v) is 7.08. The van der Waals surface area contributed by atoms with Crippen molar-refractivity contribution in [1.29, 1.82) is 0 Å². The van der Waals surface area contributed by atoms with Crippen molar-refractivity contribution < 1.29 is 184 Å². The largest absolute Gasteiger partial charge is 1.00 e. The van der Waals surface area contributed by atoms with Crippen molar-refractivity contribution in [2.45, 2.75) is 24.4 Å². The first-order valence-corrected chi connectivity index (χ1v) is 9.34. The van der Waals surface area contributed by atoms with Gasteiger partial charge in [0.25, 0.3) is 0 Å². The Balaban J connectivity index is -0.000000720. The Morgan fingerprint density at radius 1 is 0.750 bits per heavy atom. The molecular weight excluding hydrogens is 500 g/mol. The summed E-state index contributed by atoms with van der Waals surface area (Å²) in [7, 11) is -17.0. The molecule has 1 aliphatic rings. The van der Waals surface area contributed by atoms with Gasteiger partial charge >= 0.3 is 118 Å². The molecule has 0 aromatic heterocycles. The Bertz CT molecular complexity index is 794. The zero-order chi connectivity index (χ0) is 18.9. The van der Waals surface area contributed by atoms with E-state index in [0.717, 1.165) is 0 Å². The van der Waals surface area contributed by atoms with Gasteiger partial charge in [-0.3, -0.25) is 12.5 Å². The van der Waals surface area contributed by atoms with Gasteiger partial charge in [0, 0.05) is 0 Å². The second-order valence-electron chi connectivity index (χ2n) is 4.05. The molecule has 1 aliphatic heterocycles. The maximum absolute atomic E-state index is 10.8. The van der Waals surface area contributed by atoms with Crippen LogP contribution in [0.2, 0.25) is 0 Å². The first-order chi connectivity index (χ1) is 10.6. The molecule has 22 heteroatoms. The molecule has 28 heavy (non-hydrogen) atoms. The monoisotopic (exact) mass is 506 g/mol. The predicted molar refractivity (Wildman–Crippen MR) is 58.5 cm³/mol. The van der Waals surface area contributed by atoms with E-state index in [4.69, 9.17) is 0 Å². The van der Waals surface area contributed by atoms with E-state index < -0.39 is 68.2 Å². The number of rotatable bonds is 7. The molecule has 0 N–H and O–H groups in total. The van der Waals surface area contributed by atoms with Crippen LogP contribution in [0.4, 0.5) is 0 Å². The molecule has 142 valence electrons. The Labute approximate surface area is 248 Å². The van der Waals surface area contributed by atoms with E-state index in [2.05, 4.69) is 17.3 Å². The summed E-state index contributed by atoms with van der Waals surface area (Å²) in [6.45, 7) is -1.17. The van der Waals surface area contributed by atoms with E-state index in [-0.39, 0.29) is 118 Å². The fourth-order valence-electron chi connectivity index (χ4n) is 1.70. The van der Waals surface area contributed by atoms with Crippen molar-refractivity contribution in [3.8, 4) is 0 Å². The molecule has 0 aromatic rings. The fraction of sp³-hybridized carbons (Fsp3) is 0.833. The summed E-state index contributed by atoms with van der Waals surface area (Å²) in [5.41, 5.74) is 0. The minimum atomic E-state index is -5.73. The number of carbonyl (C=O) groups is 1. The number of aliphatic carboxylic acids is 1. The van der Waals surface area contributed by atoms with Crippen LogP contribution in [-0.2, 0) is 53.3 Å². The summed E-state index contributed by atoms with van der Waals surface area (Å²) >= 11 is 0. The molecule has 0 aliphatic carbocycles. The van der Waals surface area contributed by atoms with Crippen molar-refractivity contribution in [1.82, 2.24) is 0 Å². The van der Waals surface area contributed by atoms with E-state index >= 15 is 0 Å². The average molecular weight is 506 g/mol. The van der Waals surface area contributed by atoms with Gasteiger partial charge < -0.3 is 28.3 Å². The minimum absolute atomic E-state index is 0. The van der Waals surface area contributed by atoms with Gasteiger partial charge in [-0.1, -0.05) is 0 Å². The van der Waals surface area contributed by atoms with Crippen LogP contribution in [0.5, 0.6) is 0 Å². The maximum Gasteiger partial charge on any atom is 1.00 e. The number of carboxylic acids is 1. The molecule has 15 nitrogen and oxygen atoms in total. The third-order valence-corrected chi connectivity index (χ3v) is 3.76. The molecule has 1 heterocycles. The summed E-state index contributed by atoms with van der Waals surface area (Å²) in [5.74, 6) is -2.23. The number of hydrogen-bond acceptors (Lipinski definition) is 15. The molecule has 1 fully saturated rings. The van der Waals surface area contributed by atoms with E-state index in [1.807, 2.05) is 0 Å². The summed E-state index contributed by atoms with van der Waals surface area (Å²) in [5, 5.41) is 10.8. The standard InChI is InChI=1S/C6H10O15S3.4Na/c7-6(8)5-4(21-24(15,16)17)3(20-23(12,13)14)2(1-18-5)19-22(9,10)11;;;;/h2-5H,1H2,(H,7,8)(H,9,10,11)(H,12,13,14)(H,15,16,17);;;;/q;4*+1/p-4/t2?,3?,4?,5-;;;;/m1..../s1. The molecule has 0 aromatic carbocycles. The predicted octanol–water partition coefficient (Wildman–Crippen LogP) is -17.3. The van der Waals surface area contributed by atoms with Crippen LogP contribution in [0, 0.1) is 0 Å². The van der Waals surface area contributed by atoms with Crippen LogP contribution in [0.25, 0.3) is 0 Å². The molecule has 4 atom stereocenters. The smallest absolute Gasteiger partial charge is 0.726 e. The summed E-state index contributed by atoms with van der Waals surface area (Å²) < 4.78 is 111. The molecule has 0 saturated carbocycles. The summed E-state index contributed by atoms with van der Waals surface area (Å²) in [6, 6.07) is 0. The van der Waals surface area contributed by atoms with Crippen LogP contribution in [-0.4, -0.2) is 75.9 Å². The van der Waals surface area contributed by atoms with Gasteiger partial charge in [-0.25, -0.2) is 25.3 Å². The van der Waals surface area contributed by atoms with Gasteiger partial charge in [0.05, 0.1) is 12.6 Å². The Morgan fingerprint density at radius 3 is 1.43 bits per heavy atom. The zero-order valence-electron chi connectivity index (χ0n) is 14.9. The molecule has 1 saturated heterocycles. The maximum atomic E-state index is 10.8. The van der Waals surface area contributed by atoms with E-state index in [0.29, 0.717) is 0 Å². The molecule has 0 amide bonds. The minimum Gasteiger partial charge on any atom is -0.726 e. The summed E-state index contributed by atoms with van der Waals surface area (Å²) in [6.07, 6.45) is -10.1. The van der Waals surface area contributed by atoms with Gasteiger partial charge in [0.15, 0.2) is 0 Å². The number of ether oxygens (including phenoxy) is 1. The Morgan fingerprint density at radius 2 is 1.11 bits per heavy atom. The normalized spacial score (nSPS) is 25.1. The fourth-order valence-corrected chi connectivity index (χ4v) is 3.16. The third-order valence-electron chi connectivity index (χ3n) is 2.36. The van der Waals surface area contributed by atoms with Crippen molar-refractivity contribution in [2.75, 3.05) is 6.61 Å². The SMILES string of the molecule is O=C([O-])[C@@H]1OCC(OS(=O)(=O)[O-])C(OS(=O)(=O)[O-])C1OS(=O)(=O)[O-].[Na+].[Na+].[Na+].[Na+]. The molecule has 0 bridgehead atoms. The molecule has 0 spiro atoms. The number of carboxylic acid groups (broad SMARTS) is 1. The third kappa shape index (κ3) is 15.0. The first-order valence-electron chi connectivity index (χ1n) is 5.34. The number of hydrogen-bond donors (Lipinski definition) is 0. The Kier molecular flexibility index (Phi) is 20.6. The van der Waals surface area contributed by atoms with Gasteiger partial charge in [0.2, 0.25) is 31.2 Å². The Hall–Kier alpha value is 3.04. The van der Waals surface area contributed by atoms with Gasteiger partial charge in [0.1, 0.15) is 24.4 Å². The van der Waals surface area contributed by atoms with Crippen molar-refractivity contribution >= 4 is 37.2 Å². The summed E-state index contributed by atoms with van der Waals surface area (Å²) in [4.78, 5) is 10.8. The molecule has 3 unspecified atom stereocenters. The zero-order valence-corrected chi connectivity index (χ0v) is 25.3. The topological polar surface area (TPSA) is 249 Å².